The van der Waals surface area contributed by atoms with E-state index in [1.165, 1.54) is 5.56 Å². The smallest absolute Gasteiger partial charge is 0.320 e. The van der Waals surface area contributed by atoms with Crippen LogP contribution in [0.15, 0.2) is 22.6 Å². The molecule has 2 rings (SSSR count). The number of benzene rings is 1. The van der Waals surface area contributed by atoms with Gasteiger partial charge in [0.2, 0.25) is 5.89 Å². The standard InChI is InChI=1S/C14H20N4O2/c1-10-4-5-11(2)12(8-10)16-14-18-17-13(20-14)9-15-6-7-19-3/h4-5,8,15H,6-7,9H2,1-3H3,(H,16,18). The third-order valence-corrected chi connectivity index (χ3v) is 2.86. The van der Waals surface area contributed by atoms with Crippen LogP contribution in [0.5, 0.6) is 0 Å². The molecular weight excluding hydrogens is 256 g/mol. The molecule has 108 valence electrons. The Morgan fingerprint density at radius 2 is 2.10 bits per heavy atom. The van der Waals surface area contributed by atoms with Gasteiger partial charge in [0.05, 0.1) is 13.2 Å². The number of aryl methyl sites for hydroxylation is 2. The molecule has 1 heterocycles. The maximum Gasteiger partial charge on any atom is 0.320 e. The molecule has 0 spiro atoms. The van der Waals surface area contributed by atoms with Gasteiger partial charge in [-0.3, -0.25) is 0 Å². The molecule has 0 radical (unpaired) electrons. The zero-order valence-corrected chi connectivity index (χ0v) is 12.1. The van der Waals surface area contributed by atoms with E-state index in [9.17, 15) is 0 Å². The van der Waals surface area contributed by atoms with Crippen molar-refractivity contribution in [3.63, 3.8) is 0 Å². The lowest BCUT2D eigenvalue weighted by atomic mass is 10.1. The first kappa shape index (κ1) is 14.5. The van der Waals surface area contributed by atoms with Crippen LogP contribution in [-0.4, -0.2) is 30.5 Å². The van der Waals surface area contributed by atoms with Crippen LogP contribution in [0.2, 0.25) is 0 Å². The zero-order valence-electron chi connectivity index (χ0n) is 12.1. The molecular formula is C14H20N4O2. The van der Waals surface area contributed by atoms with Crippen molar-refractivity contribution in [2.24, 2.45) is 0 Å². The number of nitrogens with one attached hydrogen (secondary N) is 2. The molecule has 0 bridgehead atoms. The lowest BCUT2D eigenvalue weighted by Crippen LogP contribution is -2.18. The molecule has 0 aliphatic carbocycles. The summed E-state index contributed by atoms with van der Waals surface area (Å²) in [6.07, 6.45) is 0. The van der Waals surface area contributed by atoms with Crippen molar-refractivity contribution in [1.29, 1.82) is 0 Å². The Hall–Kier alpha value is -1.92. The second-order valence-electron chi connectivity index (χ2n) is 4.61. The van der Waals surface area contributed by atoms with Gasteiger partial charge in [-0.25, -0.2) is 0 Å². The number of hydrogen-bond donors (Lipinski definition) is 2. The van der Waals surface area contributed by atoms with Crippen molar-refractivity contribution >= 4 is 11.7 Å². The Kier molecular flexibility index (Phi) is 5.09. The summed E-state index contributed by atoms with van der Waals surface area (Å²) < 4.78 is 10.5. The molecule has 0 unspecified atom stereocenters. The number of aromatic nitrogens is 2. The van der Waals surface area contributed by atoms with Crippen molar-refractivity contribution in [2.45, 2.75) is 20.4 Å². The minimum absolute atomic E-state index is 0.405. The molecule has 0 saturated carbocycles. The third-order valence-electron chi connectivity index (χ3n) is 2.86. The number of methoxy groups -OCH3 is 1. The fraction of sp³-hybridized carbons (Fsp3) is 0.429. The molecule has 20 heavy (non-hydrogen) atoms. The van der Waals surface area contributed by atoms with Crippen LogP contribution < -0.4 is 10.6 Å². The van der Waals surface area contributed by atoms with Crippen molar-refractivity contribution in [2.75, 3.05) is 25.6 Å². The highest BCUT2D eigenvalue weighted by Gasteiger charge is 2.07. The highest BCUT2D eigenvalue weighted by Crippen LogP contribution is 2.20. The minimum atomic E-state index is 0.405. The fourth-order valence-electron chi connectivity index (χ4n) is 1.73. The van der Waals surface area contributed by atoms with E-state index in [2.05, 4.69) is 39.0 Å². The Balaban J connectivity index is 1.93. The molecule has 0 amide bonds. The van der Waals surface area contributed by atoms with Crippen LogP contribution in [0.3, 0.4) is 0 Å². The van der Waals surface area contributed by atoms with Crippen LogP contribution in [0.25, 0.3) is 0 Å². The third kappa shape index (κ3) is 4.04. The maximum absolute atomic E-state index is 5.53. The lowest BCUT2D eigenvalue weighted by Gasteiger charge is -2.06. The average molecular weight is 276 g/mol. The van der Waals surface area contributed by atoms with Gasteiger partial charge in [0, 0.05) is 19.3 Å². The van der Waals surface area contributed by atoms with Gasteiger partial charge in [0.1, 0.15) is 0 Å². The molecule has 1 aromatic heterocycles. The fourth-order valence-corrected chi connectivity index (χ4v) is 1.73. The quantitative estimate of drug-likeness (QED) is 0.755. The largest absolute Gasteiger partial charge is 0.406 e. The molecule has 0 saturated heterocycles. The molecule has 0 aliphatic rings. The first-order valence-corrected chi connectivity index (χ1v) is 6.55. The molecule has 1 aromatic carbocycles. The number of ether oxygens (including phenoxy) is 1. The molecule has 6 heteroatoms. The van der Waals surface area contributed by atoms with E-state index < -0.39 is 0 Å². The number of nitrogens with zero attached hydrogens (tertiary/aromatic N) is 2. The van der Waals surface area contributed by atoms with E-state index in [0.717, 1.165) is 17.8 Å². The zero-order chi connectivity index (χ0) is 14.4. The molecule has 0 atom stereocenters. The van der Waals surface area contributed by atoms with E-state index >= 15 is 0 Å². The highest BCUT2D eigenvalue weighted by molar-refractivity contribution is 5.58. The van der Waals surface area contributed by atoms with Gasteiger partial charge < -0.3 is 19.8 Å². The van der Waals surface area contributed by atoms with E-state index in [0.29, 0.717) is 25.1 Å². The topological polar surface area (TPSA) is 72.2 Å². The van der Waals surface area contributed by atoms with Crippen LogP contribution in [0.1, 0.15) is 17.0 Å². The van der Waals surface area contributed by atoms with Gasteiger partial charge in [-0.15, -0.1) is 5.10 Å². The summed E-state index contributed by atoms with van der Waals surface area (Å²) in [6.45, 7) is 6.01. The predicted molar refractivity (Wildman–Crippen MR) is 77.1 cm³/mol. The number of anilines is 2. The van der Waals surface area contributed by atoms with E-state index in [1.54, 1.807) is 7.11 Å². The van der Waals surface area contributed by atoms with Gasteiger partial charge in [-0.05, 0) is 31.0 Å². The number of rotatable bonds is 7. The van der Waals surface area contributed by atoms with Gasteiger partial charge in [0.15, 0.2) is 0 Å². The average Bonchev–Trinajstić information content (AvgIpc) is 2.87. The SMILES string of the molecule is COCCNCc1nnc(Nc2cc(C)ccc2C)o1. The van der Waals surface area contributed by atoms with Crippen molar-refractivity contribution in [3.05, 3.63) is 35.2 Å². The van der Waals surface area contributed by atoms with Crippen LogP contribution in [0.4, 0.5) is 11.7 Å². The van der Waals surface area contributed by atoms with Crippen LogP contribution in [0, 0.1) is 13.8 Å². The van der Waals surface area contributed by atoms with E-state index in [1.807, 2.05) is 13.8 Å². The first-order chi connectivity index (χ1) is 9.69. The summed E-state index contributed by atoms with van der Waals surface area (Å²) in [6, 6.07) is 6.58. The van der Waals surface area contributed by atoms with Crippen molar-refractivity contribution in [3.8, 4) is 0 Å². The summed E-state index contributed by atoms with van der Waals surface area (Å²) in [5, 5.41) is 14.3. The summed E-state index contributed by atoms with van der Waals surface area (Å²) in [5.74, 6) is 0.550. The first-order valence-electron chi connectivity index (χ1n) is 6.55. The van der Waals surface area contributed by atoms with E-state index in [4.69, 9.17) is 9.15 Å². The molecule has 0 aliphatic heterocycles. The summed E-state index contributed by atoms with van der Waals surface area (Å²) in [4.78, 5) is 0. The maximum atomic E-state index is 5.53. The Bertz CT molecular complexity index is 554. The Morgan fingerprint density at radius 1 is 1.25 bits per heavy atom. The molecule has 0 fully saturated rings. The second-order valence-corrected chi connectivity index (χ2v) is 4.61. The second kappa shape index (κ2) is 7.02. The Labute approximate surface area is 118 Å². The van der Waals surface area contributed by atoms with Gasteiger partial charge in [-0.2, -0.15) is 0 Å². The molecule has 2 N–H and O–H groups in total. The van der Waals surface area contributed by atoms with Crippen LogP contribution in [-0.2, 0) is 11.3 Å². The van der Waals surface area contributed by atoms with Crippen molar-refractivity contribution < 1.29 is 9.15 Å². The van der Waals surface area contributed by atoms with Gasteiger partial charge >= 0.3 is 6.01 Å². The Morgan fingerprint density at radius 3 is 2.90 bits per heavy atom. The van der Waals surface area contributed by atoms with Gasteiger partial charge in [-0.1, -0.05) is 17.2 Å². The molecule has 2 aromatic rings. The van der Waals surface area contributed by atoms with Crippen molar-refractivity contribution in [1.82, 2.24) is 15.5 Å². The summed E-state index contributed by atoms with van der Waals surface area (Å²) in [5.41, 5.74) is 3.29. The van der Waals surface area contributed by atoms with Crippen LogP contribution >= 0.6 is 0 Å². The summed E-state index contributed by atoms with van der Waals surface area (Å²) in [7, 11) is 1.67. The predicted octanol–water partition coefficient (Wildman–Crippen LogP) is 2.17. The minimum Gasteiger partial charge on any atom is -0.406 e. The monoisotopic (exact) mass is 276 g/mol. The van der Waals surface area contributed by atoms with Gasteiger partial charge in [0.25, 0.3) is 0 Å². The lowest BCUT2D eigenvalue weighted by molar-refractivity contribution is 0.198. The summed E-state index contributed by atoms with van der Waals surface area (Å²) >= 11 is 0. The number of hydrogen-bond acceptors (Lipinski definition) is 6. The van der Waals surface area contributed by atoms with E-state index in [-0.39, 0.29) is 0 Å². The molecule has 6 nitrogen and oxygen atoms in total. The normalized spacial score (nSPS) is 10.8. The highest BCUT2D eigenvalue weighted by atomic mass is 16.5.